The summed E-state index contributed by atoms with van der Waals surface area (Å²) in [4.78, 5) is 24.9. The van der Waals surface area contributed by atoms with Crippen LogP contribution in [0.1, 0.15) is 9.67 Å². The third-order valence-electron chi connectivity index (χ3n) is 4.08. The molecule has 26 heavy (non-hydrogen) atoms. The largest absolute Gasteiger partial charge is 0.477 e. The van der Waals surface area contributed by atoms with Crippen LogP contribution in [-0.2, 0) is 0 Å². The molecule has 4 aromatic rings. The van der Waals surface area contributed by atoms with Gasteiger partial charge in [0.05, 0.1) is 5.69 Å². The van der Waals surface area contributed by atoms with Crippen molar-refractivity contribution < 1.29 is 14.3 Å². The zero-order valence-corrected chi connectivity index (χ0v) is 14.2. The van der Waals surface area contributed by atoms with Crippen LogP contribution in [0.2, 0.25) is 0 Å². The van der Waals surface area contributed by atoms with Crippen LogP contribution in [0.3, 0.4) is 0 Å². The number of thiophene rings is 1. The lowest BCUT2D eigenvalue weighted by Gasteiger charge is -2.07. The van der Waals surface area contributed by atoms with Gasteiger partial charge in [0.2, 0.25) is 0 Å². The lowest BCUT2D eigenvalue weighted by atomic mass is 10.0. The van der Waals surface area contributed by atoms with Crippen LogP contribution >= 0.6 is 11.3 Å². The summed E-state index contributed by atoms with van der Waals surface area (Å²) in [6.07, 6.45) is 0. The van der Waals surface area contributed by atoms with Gasteiger partial charge < -0.3 is 5.11 Å². The average molecular weight is 365 g/mol. The highest BCUT2D eigenvalue weighted by Gasteiger charge is 2.22. The summed E-state index contributed by atoms with van der Waals surface area (Å²) in [5.74, 6) is -1.48. The molecule has 0 radical (unpaired) electrons. The Hall–Kier alpha value is -3.25. The fraction of sp³-hybridized carbons (Fsp3) is 0. The number of rotatable bonds is 3. The number of nitrogens with zero attached hydrogens (tertiary/aromatic N) is 1. The highest BCUT2D eigenvalue weighted by Crippen LogP contribution is 2.39. The number of benzene rings is 2. The van der Waals surface area contributed by atoms with Gasteiger partial charge >= 0.3 is 5.97 Å². The number of carboxylic acids is 1. The van der Waals surface area contributed by atoms with Crippen molar-refractivity contribution >= 4 is 27.5 Å². The molecule has 0 amide bonds. The zero-order chi connectivity index (χ0) is 18.3. The van der Waals surface area contributed by atoms with Gasteiger partial charge in [0.1, 0.15) is 15.5 Å². The Morgan fingerprint density at radius 2 is 1.65 bits per heavy atom. The number of carboxylic acid groups (broad SMARTS) is 1. The molecule has 4 nitrogen and oxygen atoms in total. The molecule has 2 aromatic heterocycles. The van der Waals surface area contributed by atoms with Crippen molar-refractivity contribution in [3.05, 3.63) is 87.8 Å². The van der Waals surface area contributed by atoms with Crippen LogP contribution in [0.15, 0.2) is 71.5 Å². The summed E-state index contributed by atoms with van der Waals surface area (Å²) in [6, 6.07) is 17.8. The van der Waals surface area contributed by atoms with Gasteiger partial charge in [0.15, 0.2) is 0 Å². The fourth-order valence-corrected chi connectivity index (χ4v) is 4.13. The van der Waals surface area contributed by atoms with E-state index in [2.05, 4.69) is 0 Å². The SMILES string of the molecule is O=C(O)c1sc2c(ccc(=O)n2-c2ccccc2)c1-c1ccc(F)cc1. The van der Waals surface area contributed by atoms with E-state index in [-0.39, 0.29) is 10.4 Å². The third-order valence-corrected chi connectivity index (χ3v) is 5.26. The Morgan fingerprint density at radius 3 is 2.31 bits per heavy atom. The van der Waals surface area contributed by atoms with Gasteiger partial charge in [-0.15, -0.1) is 11.3 Å². The molecule has 2 aromatic carbocycles. The molecule has 0 spiro atoms. The molecule has 0 saturated heterocycles. The van der Waals surface area contributed by atoms with Crippen molar-refractivity contribution in [1.82, 2.24) is 4.57 Å². The predicted molar refractivity (Wildman–Crippen MR) is 99.8 cm³/mol. The number of carbonyl (C=O) groups is 1. The van der Waals surface area contributed by atoms with Crippen LogP contribution in [-0.4, -0.2) is 15.6 Å². The number of para-hydroxylation sites is 1. The lowest BCUT2D eigenvalue weighted by molar-refractivity contribution is 0.0703. The van der Waals surface area contributed by atoms with Crippen molar-refractivity contribution in [2.24, 2.45) is 0 Å². The van der Waals surface area contributed by atoms with Gasteiger partial charge in [-0.2, -0.15) is 0 Å². The quantitative estimate of drug-likeness (QED) is 0.579. The molecule has 0 atom stereocenters. The molecule has 128 valence electrons. The van der Waals surface area contributed by atoms with E-state index in [4.69, 9.17) is 0 Å². The molecule has 1 N–H and O–H groups in total. The number of hydrogen-bond acceptors (Lipinski definition) is 3. The Kier molecular flexibility index (Phi) is 3.89. The maximum Gasteiger partial charge on any atom is 0.346 e. The summed E-state index contributed by atoms with van der Waals surface area (Å²) < 4.78 is 14.8. The number of halogens is 1. The van der Waals surface area contributed by atoms with Crippen molar-refractivity contribution in [2.45, 2.75) is 0 Å². The van der Waals surface area contributed by atoms with Gasteiger partial charge in [-0.05, 0) is 35.9 Å². The molecule has 0 aliphatic rings. The molecular formula is C20H12FNO3S. The molecule has 6 heteroatoms. The molecule has 0 aliphatic heterocycles. The molecule has 0 unspecified atom stereocenters. The fourth-order valence-electron chi connectivity index (χ4n) is 2.96. The minimum atomic E-state index is -1.09. The first-order chi connectivity index (χ1) is 12.6. The number of pyridine rings is 1. The number of aromatic nitrogens is 1. The first kappa shape index (κ1) is 16.2. The maximum absolute atomic E-state index is 13.3. The van der Waals surface area contributed by atoms with Gasteiger partial charge in [0, 0.05) is 17.0 Å². The number of fused-ring (bicyclic) bond motifs is 1. The van der Waals surface area contributed by atoms with E-state index in [1.54, 1.807) is 30.3 Å². The summed E-state index contributed by atoms with van der Waals surface area (Å²) in [5, 5.41) is 10.3. The summed E-state index contributed by atoms with van der Waals surface area (Å²) in [5.41, 5.74) is 1.50. The van der Waals surface area contributed by atoms with Crippen LogP contribution in [0, 0.1) is 5.82 Å². The zero-order valence-electron chi connectivity index (χ0n) is 13.3. The highest BCUT2D eigenvalue weighted by atomic mass is 32.1. The van der Waals surface area contributed by atoms with Crippen LogP contribution in [0.5, 0.6) is 0 Å². The Balaban J connectivity index is 2.10. The molecule has 0 aliphatic carbocycles. The minimum Gasteiger partial charge on any atom is -0.477 e. The Morgan fingerprint density at radius 1 is 0.962 bits per heavy atom. The lowest BCUT2D eigenvalue weighted by Crippen LogP contribution is -2.16. The van der Waals surface area contributed by atoms with Crippen molar-refractivity contribution in [2.75, 3.05) is 0 Å². The van der Waals surface area contributed by atoms with Crippen LogP contribution in [0.4, 0.5) is 4.39 Å². The van der Waals surface area contributed by atoms with Gasteiger partial charge in [-0.25, -0.2) is 9.18 Å². The molecule has 0 fully saturated rings. The maximum atomic E-state index is 13.3. The summed E-state index contributed by atoms with van der Waals surface area (Å²) in [7, 11) is 0. The molecule has 4 rings (SSSR count). The second-order valence-electron chi connectivity index (χ2n) is 5.68. The number of hydrogen-bond donors (Lipinski definition) is 1. The van der Waals surface area contributed by atoms with E-state index in [0.717, 1.165) is 11.3 Å². The average Bonchev–Trinajstić information content (AvgIpc) is 3.03. The molecular weight excluding hydrogens is 353 g/mol. The summed E-state index contributed by atoms with van der Waals surface area (Å²) >= 11 is 1.04. The monoisotopic (exact) mass is 365 g/mol. The van der Waals surface area contributed by atoms with E-state index in [0.29, 0.717) is 27.0 Å². The normalized spacial score (nSPS) is 11.0. The third kappa shape index (κ3) is 2.60. The minimum absolute atomic E-state index is 0.113. The first-order valence-electron chi connectivity index (χ1n) is 7.79. The van der Waals surface area contributed by atoms with E-state index in [1.807, 2.05) is 18.2 Å². The van der Waals surface area contributed by atoms with Crippen LogP contribution in [0.25, 0.3) is 27.0 Å². The second kappa shape index (κ2) is 6.24. The topological polar surface area (TPSA) is 59.3 Å². The number of aromatic carboxylic acids is 1. The van der Waals surface area contributed by atoms with Crippen molar-refractivity contribution in [1.29, 1.82) is 0 Å². The Labute approximate surface area is 151 Å². The predicted octanol–water partition coefficient (Wildman–Crippen LogP) is 4.56. The van der Waals surface area contributed by atoms with Crippen LogP contribution < -0.4 is 5.56 Å². The molecule has 2 heterocycles. The summed E-state index contributed by atoms with van der Waals surface area (Å²) in [6.45, 7) is 0. The smallest absolute Gasteiger partial charge is 0.346 e. The van der Waals surface area contributed by atoms with E-state index >= 15 is 0 Å². The van der Waals surface area contributed by atoms with E-state index in [1.165, 1.54) is 22.8 Å². The van der Waals surface area contributed by atoms with Gasteiger partial charge in [-0.1, -0.05) is 30.3 Å². The Bertz CT molecular complexity index is 1180. The first-order valence-corrected chi connectivity index (χ1v) is 8.61. The van der Waals surface area contributed by atoms with E-state index < -0.39 is 11.8 Å². The highest BCUT2D eigenvalue weighted by molar-refractivity contribution is 7.21. The van der Waals surface area contributed by atoms with Crippen molar-refractivity contribution in [3.63, 3.8) is 0 Å². The van der Waals surface area contributed by atoms with Crippen molar-refractivity contribution in [3.8, 4) is 16.8 Å². The standard InChI is InChI=1S/C20H12FNO3S/c21-13-8-6-12(7-9-13)17-15-10-11-16(23)22(14-4-2-1-3-5-14)19(15)26-18(17)20(24)25/h1-11H,(H,24,25). The molecule has 0 bridgehead atoms. The molecule has 0 saturated carbocycles. The van der Waals surface area contributed by atoms with Gasteiger partial charge in [-0.3, -0.25) is 9.36 Å². The van der Waals surface area contributed by atoms with E-state index in [9.17, 15) is 19.1 Å². The van der Waals surface area contributed by atoms with Gasteiger partial charge in [0.25, 0.3) is 5.56 Å². The second-order valence-corrected chi connectivity index (χ2v) is 6.68.